The lowest BCUT2D eigenvalue weighted by Crippen LogP contribution is -2.24. The van der Waals surface area contributed by atoms with Gasteiger partial charge in [-0.3, -0.25) is 0 Å². The first-order chi connectivity index (χ1) is 9.63. The van der Waals surface area contributed by atoms with E-state index in [4.69, 9.17) is 5.73 Å². The van der Waals surface area contributed by atoms with E-state index in [2.05, 4.69) is 17.2 Å². The predicted octanol–water partition coefficient (Wildman–Crippen LogP) is 2.92. The molecule has 0 radical (unpaired) electrons. The van der Waals surface area contributed by atoms with Gasteiger partial charge in [-0.15, -0.1) is 0 Å². The predicted molar refractivity (Wildman–Crippen MR) is 80.1 cm³/mol. The number of nitrogens with one attached hydrogen (secondary N) is 1. The maximum atomic E-state index is 13.3. The molecular weight excluding hydrogens is 257 g/mol. The topological polar surface area (TPSA) is 71.2 Å². The monoisotopic (exact) mass is 277 g/mol. The van der Waals surface area contributed by atoms with Crippen molar-refractivity contribution in [2.75, 3.05) is 17.7 Å². The first-order valence-corrected chi connectivity index (χ1v) is 6.87. The minimum atomic E-state index is -0.307. The van der Waals surface area contributed by atoms with Crippen molar-refractivity contribution in [1.82, 2.24) is 4.98 Å². The maximum Gasteiger partial charge on any atom is 0.136 e. The average Bonchev–Trinajstić information content (AvgIpc) is 2.42. The second kappa shape index (κ2) is 6.52. The summed E-state index contributed by atoms with van der Waals surface area (Å²) in [5, 5.41) is 14.1. The number of anilines is 2. The molecule has 2 rings (SSSR count). The molecule has 0 spiro atoms. The molecule has 5 heteroatoms. The van der Waals surface area contributed by atoms with Crippen LogP contribution in [0.4, 0.5) is 16.0 Å². The normalized spacial score (nSPS) is 12.6. The first-order valence-electron chi connectivity index (χ1n) is 6.87. The molecule has 108 valence electrons. The highest BCUT2D eigenvalue weighted by molar-refractivity contribution is 5.93. The van der Waals surface area contributed by atoms with E-state index in [-0.39, 0.29) is 18.5 Å². The summed E-state index contributed by atoms with van der Waals surface area (Å²) in [5.41, 5.74) is 5.76. The molecule has 1 aromatic heterocycles. The Morgan fingerprint density at radius 3 is 2.90 bits per heavy atom. The molecular formula is C15H20FN3O. The molecule has 4 nitrogen and oxygen atoms in total. The van der Waals surface area contributed by atoms with Gasteiger partial charge >= 0.3 is 0 Å². The number of pyridine rings is 1. The first kappa shape index (κ1) is 14.5. The lowest BCUT2D eigenvalue weighted by molar-refractivity contribution is 0.267. The number of unbranched alkanes of at least 4 members (excludes halogenated alkanes) is 1. The summed E-state index contributed by atoms with van der Waals surface area (Å²) in [6.07, 6.45) is 2.94. The Hall–Kier alpha value is -1.88. The number of rotatable bonds is 6. The lowest BCUT2D eigenvalue weighted by Gasteiger charge is -2.18. The van der Waals surface area contributed by atoms with Gasteiger partial charge in [0, 0.05) is 5.39 Å². The minimum absolute atomic E-state index is 0.0270. The Morgan fingerprint density at radius 2 is 2.20 bits per heavy atom. The fourth-order valence-electron chi connectivity index (χ4n) is 2.21. The number of fused-ring (bicyclic) bond motifs is 1. The number of halogens is 1. The van der Waals surface area contributed by atoms with E-state index < -0.39 is 0 Å². The highest BCUT2D eigenvalue weighted by atomic mass is 19.1. The van der Waals surface area contributed by atoms with Crippen molar-refractivity contribution in [3.8, 4) is 0 Å². The van der Waals surface area contributed by atoms with Gasteiger partial charge in [-0.1, -0.05) is 19.8 Å². The van der Waals surface area contributed by atoms with Crippen LogP contribution in [0.25, 0.3) is 10.8 Å². The van der Waals surface area contributed by atoms with Crippen LogP contribution in [-0.4, -0.2) is 22.7 Å². The van der Waals surface area contributed by atoms with E-state index in [1.54, 1.807) is 12.1 Å². The third-order valence-corrected chi connectivity index (χ3v) is 3.28. The molecule has 0 bridgehead atoms. The van der Waals surface area contributed by atoms with Crippen LogP contribution in [0.1, 0.15) is 26.2 Å². The highest BCUT2D eigenvalue weighted by Crippen LogP contribution is 2.25. The van der Waals surface area contributed by atoms with Crippen LogP contribution in [0.2, 0.25) is 0 Å². The molecule has 0 saturated carbocycles. The van der Waals surface area contributed by atoms with Crippen molar-refractivity contribution < 1.29 is 9.50 Å². The number of nitrogen functional groups attached to an aromatic ring is 1. The number of aromatic nitrogens is 1. The molecule has 0 saturated heterocycles. The van der Waals surface area contributed by atoms with Gasteiger partial charge in [0.05, 0.1) is 12.6 Å². The van der Waals surface area contributed by atoms with E-state index in [0.717, 1.165) is 24.6 Å². The fourth-order valence-corrected chi connectivity index (χ4v) is 2.21. The van der Waals surface area contributed by atoms with Crippen molar-refractivity contribution >= 4 is 22.4 Å². The summed E-state index contributed by atoms with van der Waals surface area (Å²) in [7, 11) is 0. The van der Waals surface area contributed by atoms with Crippen molar-refractivity contribution in [3.63, 3.8) is 0 Å². The molecule has 0 aliphatic heterocycles. The summed E-state index contributed by atoms with van der Waals surface area (Å²) >= 11 is 0. The van der Waals surface area contributed by atoms with E-state index >= 15 is 0 Å². The van der Waals surface area contributed by atoms with Crippen molar-refractivity contribution in [1.29, 1.82) is 0 Å². The Morgan fingerprint density at radius 1 is 1.40 bits per heavy atom. The van der Waals surface area contributed by atoms with Gasteiger partial charge < -0.3 is 16.2 Å². The largest absolute Gasteiger partial charge is 0.394 e. The van der Waals surface area contributed by atoms with E-state index in [0.29, 0.717) is 17.0 Å². The minimum Gasteiger partial charge on any atom is -0.394 e. The molecule has 0 amide bonds. The van der Waals surface area contributed by atoms with Crippen LogP contribution in [0.3, 0.4) is 0 Å². The Bertz CT molecular complexity index is 583. The number of hydrogen-bond acceptors (Lipinski definition) is 4. The van der Waals surface area contributed by atoms with Gasteiger partial charge in [0.25, 0.3) is 0 Å². The molecule has 0 aliphatic carbocycles. The molecule has 1 aromatic carbocycles. The Labute approximate surface area is 117 Å². The molecule has 20 heavy (non-hydrogen) atoms. The number of aliphatic hydroxyl groups is 1. The van der Waals surface area contributed by atoms with Crippen molar-refractivity contribution in [3.05, 3.63) is 30.1 Å². The van der Waals surface area contributed by atoms with E-state index in [9.17, 15) is 9.50 Å². The zero-order valence-electron chi connectivity index (χ0n) is 11.6. The Kier molecular flexibility index (Phi) is 4.74. The van der Waals surface area contributed by atoms with Crippen LogP contribution in [0, 0.1) is 5.82 Å². The van der Waals surface area contributed by atoms with Crippen LogP contribution >= 0.6 is 0 Å². The zero-order valence-corrected chi connectivity index (χ0v) is 11.6. The van der Waals surface area contributed by atoms with E-state index in [1.165, 1.54) is 12.1 Å². The summed E-state index contributed by atoms with van der Waals surface area (Å²) in [4.78, 5) is 4.26. The lowest BCUT2D eigenvalue weighted by atomic mass is 10.1. The molecule has 2 aromatic rings. The summed E-state index contributed by atoms with van der Waals surface area (Å²) < 4.78 is 13.3. The van der Waals surface area contributed by atoms with Gasteiger partial charge in [0.15, 0.2) is 0 Å². The second-order valence-electron chi connectivity index (χ2n) is 4.93. The standard InChI is InChI=1S/C15H20FN3O/c1-2-3-4-12(9-20)18-15-13-6-5-11(16)7-10(13)8-14(17)19-15/h5-8,12,20H,2-4,9H2,1H3,(H3,17,18,19)/t12-/m1/s1. The summed E-state index contributed by atoms with van der Waals surface area (Å²) in [6, 6.07) is 6.07. The number of nitrogens with zero attached hydrogens (tertiary/aromatic N) is 1. The fraction of sp³-hybridized carbons (Fsp3) is 0.400. The van der Waals surface area contributed by atoms with Gasteiger partial charge in [-0.2, -0.15) is 0 Å². The average molecular weight is 277 g/mol. The highest BCUT2D eigenvalue weighted by Gasteiger charge is 2.11. The SMILES string of the molecule is CCCC[C@H](CO)Nc1nc(N)cc2cc(F)ccc12. The maximum absolute atomic E-state index is 13.3. The van der Waals surface area contributed by atoms with Gasteiger partial charge in [0.1, 0.15) is 17.5 Å². The molecule has 0 aliphatic rings. The molecule has 0 unspecified atom stereocenters. The third-order valence-electron chi connectivity index (χ3n) is 3.28. The number of benzene rings is 1. The summed E-state index contributed by atoms with van der Waals surface area (Å²) in [5.74, 6) is 0.617. The van der Waals surface area contributed by atoms with Crippen molar-refractivity contribution in [2.24, 2.45) is 0 Å². The van der Waals surface area contributed by atoms with Crippen molar-refractivity contribution in [2.45, 2.75) is 32.2 Å². The Balaban J connectivity index is 2.32. The number of aliphatic hydroxyl groups excluding tert-OH is 1. The third kappa shape index (κ3) is 3.36. The second-order valence-corrected chi connectivity index (χ2v) is 4.93. The number of nitrogens with two attached hydrogens (primary N) is 1. The number of hydrogen-bond donors (Lipinski definition) is 3. The van der Waals surface area contributed by atoms with Crippen LogP contribution < -0.4 is 11.1 Å². The molecule has 1 atom stereocenters. The van der Waals surface area contributed by atoms with Gasteiger partial charge in [0.2, 0.25) is 0 Å². The van der Waals surface area contributed by atoms with Crippen LogP contribution in [0.15, 0.2) is 24.3 Å². The van der Waals surface area contributed by atoms with Crippen LogP contribution in [0.5, 0.6) is 0 Å². The molecule has 4 N–H and O–H groups in total. The summed E-state index contributed by atoms with van der Waals surface area (Å²) in [6.45, 7) is 2.13. The molecule has 1 heterocycles. The van der Waals surface area contributed by atoms with Gasteiger partial charge in [-0.05, 0) is 36.1 Å². The zero-order chi connectivity index (χ0) is 14.5. The van der Waals surface area contributed by atoms with E-state index in [1.807, 2.05) is 0 Å². The van der Waals surface area contributed by atoms with Gasteiger partial charge in [-0.25, -0.2) is 9.37 Å². The van der Waals surface area contributed by atoms with Crippen LogP contribution in [-0.2, 0) is 0 Å². The smallest absolute Gasteiger partial charge is 0.136 e. The quantitative estimate of drug-likeness (QED) is 0.759. The molecule has 0 fully saturated rings.